The van der Waals surface area contributed by atoms with Crippen LogP contribution in [0.15, 0.2) is 22.6 Å². The largest absolute Gasteiger partial charge is 0.469 e. The molecule has 0 amide bonds. The molecular formula is C15H16FNO3. The molecule has 0 unspecified atom stereocenters. The summed E-state index contributed by atoms with van der Waals surface area (Å²) in [4.78, 5) is 15.8. The van der Waals surface area contributed by atoms with Crippen LogP contribution in [-0.2, 0) is 9.53 Å². The molecule has 1 aliphatic carbocycles. The molecule has 5 heteroatoms. The maximum absolute atomic E-state index is 13.1. The zero-order valence-corrected chi connectivity index (χ0v) is 11.3. The Morgan fingerprint density at radius 2 is 2.10 bits per heavy atom. The lowest BCUT2D eigenvalue weighted by Crippen LogP contribution is -2.22. The van der Waals surface area contributed by atoms with Crippen molar-refractivity contribution in [2.45, 2.75) is 31.6 Å². The molecule has 1 heterocycles. The normalized spacial score (nSPS) is 22.9. The van der Waals surface area contributed by atoms with E-state index in [1.807, 2.05) is 0 Å². The first-order chi connectivity index (χ1) is 9.67. The molecule has 3 rings (SSSR count). The summed E-state index contributed by atoms with van der Waals surface area (Å²) >= 11 is 0. The number of carbonyl (C=O) groups excluding carboxylic acids is 1. The van der Waals surface area contributed by atoms with E-state index in [0.717, 1.165) is 25.7 Å². The molecular weight excluding hydrogens is 261 g/mol. The van der Waals surface area contributed by atoms with Crippen LogP contribution in [0.2, 0.25) is 0 Å². The Hall–Kier alpha value is -1.91. The van der Waals surface area contributed by atoms with Crippen molar-refractivity contribution in [2.75, 3.05) is 7.11 Å². The molecule has 0 saturated heterocycles. The van der Waals surface area contributed by atoms with Crippen LogP contribution in [0.5, 0.6) is 0 Å². The Labute approximate surface area is 115 Å². The highest BCUT2D eigenvalue weighted by Crippen LogP contribution is 2.36. The predicted octanol–water partition coefficient (Wildman–Crippen LogP) is 3.41. The third-order valence-corrected chi connectivity index (χ3v) is 3.98. The van der Waals surface area contributed by atoms with Crippen LogP contribution in [0, 0.1) is 11.7 Å². The Bertz CT molecular complexity index is 629. The van der Waals surface area contributed by atoms with Crippen LogP contribution in [0.4, 0.5) is 4.39 Å². The number of rotatable bonds is 2. The van der Waals surface area contributed by atoms with Crippen LogP contribution < -0.4 is 0 Å². The van der Waals surface area contributed by atoms with E-state index in [9.17, 15) is 9.18 Å². The Balaban J connectivity index is 1.75. The molecule has 1 saturated carbocycles. The maximum atomic E-state index is 13.1. The van der Waals surface area contributed by atoms with Crippen molar-refractivity contribution in [3.8, 4) is 0 Å². The molecule has 2 aromatic rings. The fraction of sp³-hybridized carbons (Fsp3) is 0.467. The number of nitrogens with zero attached hydrogens (tertiary/aromatic N) is 1. The van der Waals surface area contributed by atoms with E-state index in [4.69, 9.17) is 9.15 Å². The van der Waals surface area contributed by atoms with Crippen molar-refractivity contribution >= 4 is 17.1 Å². The van der Waals surface area contributed by atoms with Gasteiger partial charge in [-0.1, -0.05) is 0 Å². The Morgan fingerprint density at radius 1 is 1.35 bits per heavy atom. The number of carbonyl (C=O) groups is 1. The number of halogens is 1. The molecule has 0 N–H and O–H groups in total. The van der Waals surface area contributed by atoms with Crippen LogP contribution in [0.25, 0.3) is 11.1 Å². The van der Waals surface area contributed by atoms with Gasteiger partial charge in [0, 0.05) is 12.0 Å². The van der Waals surface area contributed by atoms with Crippen molar-refractivity contribution in [1.29, 1.82) is 0 Å². The second-order valence-corrected chi connectivity index (χ2v) is 5.24. The van der Waals surface area contributed by atoms with Gasteiger partial charge in [0.25, 0.3) is 0 Å². The third-order valence-electron chi connectivity index (χ3n) is 3.98. The quantitative estimate of drug-likeness (QED) is 0.789. The molecule has 1 aromatic carbocycles. The first-order valence-corrected chi connectivity index (χ1v) is 6.81. The van der Waals surface area contributed by atoms with Crippen LogP contribution in [0.1, 0.15) is 37.5 Å². The molecule has 106 valence electrons. The fourth-order valence-electron chi connectivity index (χ4n) is 2.84. The van der Waals surface area contributed by atoms with Gasteiger partial charge in [0.1, 0.15) is 11.3 Å². The number of methoxy groups -OCH3 is 1. The third kappa shape index (κ3) is 2.40. The van der Waals surface area contributed by atoms with Gasteiger partial charge >= 0.3 is 5.97 Å². The van der Waals surface area contributed by atoms with Gasteiger partial charge in [0.15, 0.2) is 11.5 Å². The monoisotopic (exact) mass is 277 g/mol. The minimum absolute atomic E-state index is 0.0157. The van der Waals surface area contributed by atoms with E-state index < -0.39 is 0 Å². The van der Waals surface area contributed by atoms with E-state index in [1.165, 1.54) is 19.2 Å². The molecule has 0 radical (unpaired) electrons. The number of fused-ring (bicyclic) bond motifs is 1. The minimum Gasteiger partial charge on any atom is -0.469 e. The predicted molar refractivity (Wildman–Crippen MR) is 70.7 cm³/mol. The molecule has 0 bridgehead atoms. The number of benzene rings is 1. The first-order valence-electron chi connectivity index (χ1n) is 6.81. The summed E-state index contributed by atoms with van der Waals surface area (Å²) in [6.45, 7) is 0. The highest BCUT2D eigenvalue weighted by atomic mass is 19.1. The average molecular weight is 277 g/mol. The summed E-state index contributed by atoms with van der Waals surface area (Å²) in [7, 11) is 1.42. The standard InChI is InChI=1S/C15H16FNO3/c1-19-15(18)10-4-2-9(3-5-10)14-17-12-8-11(16)6-7-13(12)20-14/h6-10H,2-5H2,1H3. The highest BCUT2D eigenvalue weighted by Gasteiger charge is 2.30. The van der Waals surface area contributed by atoms with Crippen molar-refractivity contribution < 1.29 is 18.3 Å². The zero-order valence-electron chi connectivity index (χ0n) is 11.3. The lowest BCUT2D eigenvalue weighted by molar-refractivity contribution is -0.146. The van der Waals surface area contributed by atoms with Crippen molar-refractivity contribution in [3.05, 3.63) is 29.9 Å². The van der Waals surface area contributed by atoms with Crippen molar-refractivity contribution in [1.82, 2.24) is 4.98 Å². The first kappa shape index (κ1) is 13.1. The smallest absolute Gasteiger partial charge is 0.308 e. The molecule has 4 nitrogen and oxygen atoms in total. The van der Waals surface area contributed by atoms with Gasteiger partial charge in [-0.05, 0) is 37.8 Å². The summed E-state index contributed by atoms with van der Waals surface area (Å²) in [5.41, 5.74) is 1.16. The second-order valence-electron chi connectivity index (χ2n) is 5.24. The lowest BCUT2D eigenvalue weighted by atomic mass is 9.82. The van der Waals surface area contributed by atoms with E-state index in [1.54, 1.807) is 6.07 Å². The molecule has 0 spiro atoms. The summed E-state index contributed by atoms with van der Waals surface area (Å²) in [6.07, 6.45) is 3.25. The summed E-state index contributed by atoms with van der Waals surface area (Å²) in [6, 6.07) is 4.34. The van der Waals surface area contributed by atoms with Gasteiger partial charge in [0.2, 0.25) is 0 Å². The van der Waals surface area contributed by atoms with Gasteiger partial charge in [-0.3, -0.25) is 4.79 Å². The highest BCUT2D eigenvalue weighted by molar-refractivity contribution is 5.73. The molecule has 1 aliphatic rings. The van der Waals surface area contributed by atoms with Crippen LogP contribution >= 0.6 is 0 Å². The number of esters is 1. The van der Waals surface area contributed by atoms with Gasteiger partial charge in [-0.25, -0.2) is 9.37 Å². The van der Waals surface area contributed by atoms with E-state index >= 15 is 0 Å². The van der Waals surface area contributed by atoms with E-state index in [0.29, 0.717) is 17.0 Å². The Morgan fingerprint density at radius 3 is 2.80 bits per heavy atom. The topological polar surface area (TPSA) is 52.3 Å². The van der Waals surface area contributed by atoms with Gasteiger partial charge in [0.05, 0.1) is 13.0 Å². The van der Waals surface area contributed by atoms with Crippen molar-refractivity contribution in [2.24, 2.45) is 5.92 Å². The molecule has 1 aromatic heterocycles. The fourth-order valence-corrected chi connectivity index (χ4v) is 2.84. The van der Waals surface area contributed by atoms with Crippen LogP contribution in [-0.4, -0.2) is 18.1 Å². The number of oxazole rings is 1. The average Bonchev–Trinajstić information content (AvgIpc) is 2.89. The maximum Gasteiger partial charge on any atom is 0.308 e. The Kier molecular flexibility index (Phi) is 3.42. The number of aromatic nitrogens is 1. The van der Waals surface area contributed by atoms with Gasteiger partial charge in [-0.15, -0.1) is 0 Å². The summed E-state index contributed by atoms with van der Waals surface area (Å²) < 4.78 is 23.6. The molecule has 20 heavy (non-hydrogen) atoms. The number of hydrogen-bond donors (Lipinski definition) is 0. The SMILES string of the molecule is COC(=O)C1CCC(c2nc3cc(F)ccc3o2)CC1. The second kappa shape index (κ2) is 5.23. The van der Waals surface area contributed by atoms with Gasteiger partial charge < -0.3 is 9.15 Å². The molecule has 0 atom stereocenters. The number of ether oxygens (including phenoxy) is 1. The van der Waals surface area contributed by atoms with Gasteiger partial charge in [-0.2, -0.15) is 0 Å². The summed E-state index contributed by atoms with van der Waals surface area (Å²) in [5.74, 6) is 0.383. The van der Waals surface area contributed by atoms with Crippen LogP contribution in [0.3, 0.4) is 0 Å². The lowest BCUT2D eigenvalue weighted by Gasteiger charge is -2.24. The summed E-state index contributed by atoms with van der Waals surface area (Å²) in [5, 5.41) is 0. The molecule has 0 aliphatic heterocycles. The van der Waals surface area contributed by atoms with Crippen molar-refractivity contribution in [3.63, 3.8) is 0 Å². The molecule has 1 fully saturated rings. The van der Waals surface area contributed by atoms with E-state index in [2.05, 4.69) is 4.98 Å². The van der Waals surface area contributed by atoms with E-state index in [-0.39, 0.29) is 23.6 Å². The minimum atomic E-state index is -0.313. The zero-order chi connectivity index (χ0) is 14.1. The number of hydrogen-bond acceptors (Lipinski definition) is 4.